The highest BCUT2D eigenvalue weighted by Crippen LogP contribution is 2.10. The topological polar surface area (TPSA) is 41.8 Å². The van der Waals surface area contributed by atoms with E-state index in [1.54, 1.807) is 14.0 Å². The zero-order valence-corrected chi connectivity index (χ0v) is 6.87. The predicted molar refractivity (Wildman–Crippen MR) is 43.7 cm³/mol. The SMILES string of the molecule is COC1=CCCN=C1C(C)O. The Morgan fingerprint density at radius 1 is 1.73 bits per heavy atom. The number of nitrogens with zero attached hydrogens (tertiary/aromatic N) is 1. The molecule has 0 aromatic heterocycles. The van der Waals surface area contributed by atoms with Crippen LogP contribution in [0.2, 0.25) is 0 Å². The average Bonchev–Trinajstić information content (AvgIpc) is 2.04. The number of hydrogen-bond acceptors (Lipinski definition) is 3. The molecule has 0 saturated carbocycles. The molecule has 0 radical (unpaired) electrons. The maximum atomic E-state index is 9.23. The van der Waals surface area contributed by atoms with E-state index in [1.807, 2.05) is 6.08 Å². The van der Waals surface area contributed by atoms with Gasteiger partial charge in [0.2, 0.25) is 0 Å². The number of dihydropyridines is 1. The minimum Gasteiger partial charge on any atom is -0.495 e. The molecule has 62 valence electrons. The first-order valence-corrected chi connectivity index (χ1v) is 3.72. The monoisotopic (exact) mass is 155 g/mol. The zero-order chi connectivity index (χ0) is 8.27. The maximum absolute atomic E-state index is 9.23. The number of aliphatic hydroxyl groups is 1. The molecule has 1 heterocycles. The van der Waals surface area contributed by atoms with Crippen LogP contribution in [0.25, 0.3) is 0 Å². The zero-order valence-electron chi connectivity index (χ0n) is 6.87. The van der Waals surface area contributed by atoms with Crippen molar-refractivity contribution in [1.82, 2.24) is 0 Å². The second-order valence-electron chi connectivity index (χ2n) is 2.50. The molecular formula is C8H13NO2. The third kappa shape index (κ3) is 1.80. The molecule has 1 atom stereocenters. The number of methoxy groups -OCH3 is 1. The minimum atomic E-state index is -0.526. The quantitative estimate of drug-likeness (QED) is 0.639. The fourth-order valence-corrected chi connectivity index (χ4v) is 1.09. The second kappa shape index (κ2) is 3.53. The maximum Gasteiger partial charge on any atom is 0.138 e. The van der Waals surface area contributed by atoms with Gasteiger partial charge in [0.25, 0.3) is 0 Å². The van der Waals surface area contributed by atoms with Crippen molar-refractivity contribution in [2.24, 2.45) is 4.99 Å². The van der Waals surface area contributed by atoms with E-state index in [2.05, 4.69) is 4.99 Å². The first-order valence-electron chi connectivity index (χ1n) is 3.72. The van der Waals surface area contributed by atoms with Gasteiger partial charge in [-0.25, -0.2) is 0 Å². The Morgan fingerprint density at radius 2 is 2.45 bits per heavy atom. The van der Waals surface area contributed by atoms with E-state index in [0.29, 0.717) is 11.5 Å². The third-order valence-electron chi connectivity index (χ3n) is 1.61. The Morgan fingerprint density at radius 3 is 2.91 bits per heavy atom. The van der Waals surface area contributed by atoms with Crippen LogP contribution in [0.5, 0.6) is 0 Å². The lowest BCUT2D eigenvalue weighted by Crippen LogP contribution is -2.22. The summed E-state index contributed by atoms with van der Waals surface area (Å²) in [4.78, 5) is 4.15. The summed E-state index contributed by atoms with van der Waals surface area (Å²) in [6.07, 6.45) is 2.33. The first kappa shape index (κ1) is 8.27. The molecule has 0 aromatic carbocycles. The average molecular weight is 155 g/mol. The van der Waals surface area contributed by atoms with Gasteiger partial charge in [-0.2, -0.15) is 0 Å². The number of aliphatic hydroxyl groups excluding tert-OH is 1. The van der Waals surface area contributed by atoms with E-state index in [0.717, 1.165) is 13.0 Å². The van der Waals surface area contributed by atoms with Gasteiger partial charge in [-0.15, -0.1) is 0 Å². The fraction of sp³-hybridized carbons (Fsp3) is 0.625. The number of aliphatic imine (C=N–C) groups is 1. The molecule has 0 spiro atoms. The molecule has 0 aromatic rings. The molecule has 11 heavy (non-hydrogen) atoms. The number of hydrogen-bond donors (Lipinski definition) is 1. The van der Waals surface area contributed by atoms with Gasteiger partial charge in [0.15, 0.2) is 0 Å². The Hall–Kier alpha value is -0.830. The standard InChI is InChI=1S/C8H13NO2/c1-6(10)8-7(11-2)4-3-5-9-8/h4,6,10H,3,5H2,1-2H3. The van der Waals surface area contributed by atoms with E-state index < -0.39 is 6.10 Å². The van der Waals surface area contributed by atoms with Crippen LogP contribution in [-0.4, -0.2) is 30.6 Å². The molecule has 0 fully saturated rings. The van der Waals surface area contributed by atoms with Gasteiger partial charge < -0.3 is 9.84 Å². The van der Waals surface area contributed by atoms with Gasteiger partial charge in [0.05, 0.1) is 13.2 Å². The summed E-state index contributed by atoms with van der Waals surface area (Å²) in [5.41, 5.74) is 0.666. The van der Waals surface area contributed by atoms with E-state index in [9.17, 15) is 5.11 Å². The third-order valence-corrected chi connectivity index (χ3v) is 1.61. The van der Waals surface area contributed by atoms with E-state index in [-0.39, 0.29) is 0 Å². The van der Waals surface area contributed by atoms with Crippen molar-refractivity contribution in [2.45, 2.75) is 19.4 Å². The van der Waals surface area contributed by atoms with E-state index in [1.165, 1.54) is 0 Å². The lowest BCUT2D eigenvalue weighted by atomic mass is 10.1. The van der Waals surface area contributed by atoms with Gasteiger partial charge in [0, 0.05) is 6.54 Å². The number of rotatable bonds is 2. The lowest BCUT2D eigenvalue weighted by Gasteiger charge is -2.15. The molecule has 1 aliphatic heterocycles. The smallest absolute Gasteiger partial charge is 0.138 e. The van der Waals surface area contributed by atoms with Crippen molar-refractivity contribution >= 4 is 5.71 Å². The van der Waals surface area contributed by atoms with Gasteiger partial charge in [-0.05, 0) is 19.4 Å². The Bertz CT molecular complexity index is 194. The molecule has 0 bridgehead atoms. The molecule has 1 unspecified atom stereocenters. The largest absolute Gasteiger partial charge is 0.495 e. The second-order valence-corrected chi connectivity index (χ2v) is 2.50. The fourth-order valence-electron chi connectivity index (χ4n) is 1.09. The first-order chi connectivity index (χ1) is 5.25. The van der Waals surface area contributed by atoms with Crippen LogP contribution >= 0.6 is 0 Å². The van der Waals surface area contributed by atoms with Crippen LogP contribution in [0.4, 0.5) is 0 Å². The van der Waals surface area contributed by atoms with Gasteiger partial charge >= 0.3 is 0 Å². The Labute approximate surface area is 66.4 Å². The van der Waals surface area contributed by atoms with Gasteiger partial charge in [0.1, 0.15) is 11.5 Å². The molecule has 3 heteroatoms. The lowest BCUT2D eigenvalue weighted by molar-refractivity contribution is 0.246. The van der Waals surface area contributed by atoms with Crippen LogP contribution in [0, 0.1) is 0 Å². The summed E-state index contributed by atoms with van der Waals surface area (Å²) in [5, 5.41) is 9.23. The highest BCUT2D eigenvalue weighted by molar-refractivity contribution is 6.01. The van der Waals surface area contributed by atoms with E-state index >= 15 is 0 Å². The van der Waals surface area contributed by atoms with Crippen LogP contribution in [0.3, 0.4) is 0 Å². The van der Waals surface area contributed by atoms with Crippen LogP contribution in [0.15, 0.2) is 16.8 Å². The van der Waals surface area contributed by atoms with Crippen molar-refractivity contribution in [1.29, 1.82) is 0 Å². The summed E-state index contributed by atoms with van der Waals surface area (Å²) in [5.74, 6) is 0.714. The highest BCUT2D eigenvalue weighted by atomic mass is 16.5. The van der Waals surface area contributed by atoms with Crippen LogP contribution < -0.4 is 0 Å². The molecule has 1 aliphatic rings. The van der Waals surface area contributed by atoms with Crippen molar-refractivity contribution in [3.05, 3.63) is 11.8 Å². The Balaban J connectivity index is 2.75. The summed E-state index contributed by atoms with van der Waals surface area (Å²) >= 11 is 0. The molecule has 0 aliphatic carbocycles. The van der Waals surface area contributed by atoms with E-state index in [4.69, 9.17) is 4.74 Å². The van der Waals surface area contributed by atoms with Crippen LogP contribution in [-0.2, 0) is 4.74 Å². The van der Waals surface area contributed by atoms with Crippen molar-refractivity contribution in [3.8, 4) is 0 Å². The summed E-state index contributed by atoms with van der Waals surface area (Å²) in [7, 11) is 1.59. The van der Waals surface area contributed by atoms with Gasteiger partial charge in [-0.3, -0.25) is 4.99 Å². The molecule has 3 nitrogen and oxygen atoms in total. The molecule has 0 amide bonds. The summed E-state index contributed by atoms with van der Waals surface area (Å²) in [6.45, 7) is 2.45. The summed E-state index contributed by atoms with van der Waals surface area (Å²) in [6, 6.07) is 0. The predicted octanol–water partition coefficient (Wildman–Crippen LogP) is 0.742. The Kier molecular flexibility index (Phi) is 2.65. The van der Waals surface area contributed by atoms with Gasteiger partial charge in [-0.1, -0.05) is 0 Å². The number of ether oxygens (including phenoxy) is 1. The van der Waals surface area contributed by atoms with Crippen LogP contribution in [0.1, 0.15) is 13.3 Å². The highest BCUT2D eigenvalue weighted by Gasteiger charge is 2.15. The van der Waals surface area contributed by atoms with Crippen molar-refractivity contribution < 1.29 is 9.84 Å². The van der Waals surface area contributed by atoms with Crippen molar-refractivity contribution in [2.75, 3.05) is 13.7 Å². The molecule has 1 N–H and O–H groups in total. The summed E-state index contributed by atoms with van der Waals surface area (Å²) < 4.78 is 5.04. The molecular weight excluding hydrogens is 142 g/mol. The molecule has 1 rings (SSSR count). The normalized spacial score (nSPS) is 20.3. The molecule has 0 saturated heterocycles. The minimum absolute atomic E-state index is 0.526. The van der Waals surface area contributed by atoms with Crippen molar-refractivity contribution in [3.63, 3.8) is 0 Å².